The molecular formula is C11H12ClNO3. The Morgan fingerprint density at radius 2 is 2.25 bits per heavy atom. The number of carboxylic acid groups (broad SMARTS) is 1. The molecule has 0 saturated heterocycles. The Labute approximate surface area is 97.9 Å². The summed E-state index contributed by atoms with van der Waals surface area (Å²) in [6.07, 6.45) is 0.776. The fourth-order valence-electron chi connectivity index (χ4n) is 1.94. The van der Waals surface area contributed by atoms with Gasteiger partial charge in [0.25, 0.3) is 0 Å². The molecule has 1 unspecified atom stereocenters. The first-order valence-corrected chi connectivity index (χ1v) is 5.41. The second-order valence-electron chi connectivity index (χ2n) is 3.89. The molecule has 1 aromatic rings. The quantitative estimate of drug-likeness (QED) is 0.702. The molecule has 86 valence electrons. The van der Waals surface area contributed by atoms with E-state index in [4.69, 9.17) is 16.7 Å². The van der Waals surface area contributed by atoms with Crippen LogP contribution in [0.1, 0.15) is 18.4 Å². The molecule has 4 nitrogen and oxygen atoms in total. The van der Waals surface area contributed by atoms with Gasteiger partial charge in [0.2, 0.25) is 0 Å². The molecule has 0 bridgehead atoms. The molecule has 0 amide bonds. The van der Waals surface area contributed by atoms with Crippen molar-refractivity contribution in [3.05, 3.63) is 28.8 Å². The molecule has 1 heterocycles. The zero-order valence-corrected chi connectivity index (χ0v) is 9.29. The Kier molecular flexibility index (Phi) is 2.78. The van der Waals surface area contributed by atoms with Crippen LogP contribution in [-0.2, 0) is 10.4 Å². The van der Waals surface area contributed by atoms with Gasteiger partial charge in [-0.1, -0.05) is 11.6 Å². The first kappa shape index (κ1) is 11.2. The summed E-state index contributed by atoms with van der Waals surface area (Å²) in [5, 5.41) is 22.8. The van der Waals surface area contributed by atoms with Crippen molar-refractivity contribution in [3.63, 3.8) is 0 Å². The number of nitrogens with one attached hydrogen (secondary N) is 1. The van der Waals surface area contributed by atoms with E-state index < -0.39 is 11.6 Å². The van der Waals surface area contributed by atoms with Crippen LogP contribution in [0.3, 0.4) is 0 Å². The summed E-state index contributed by atoms with van der Waals surface area (Å²) in [7, 11) is 0. The van der Waals surface area contributed by atoms with Gasteiger partial charge in [-0.05, 0) is 31.0 Å². The maximum absolute atomic E-state index is 11.2. The molecule has 0 spiro atoms. The van der Waals surface area contributed by atoms with E-state index in [2.05, 4.69) is 5.32 Å². The van der Waals surface area contributed by atoms with Gasteiger partial charge in [-0.2, -0.15) is 0 Å². The van der Waals surface area contributed by atoms with Crippen LogP contribution in [0, 0.1) is 0 Å². The van der Waals surface area contributed by atoms with Crippen molar-refractivity contribution in [3.8, 4) is 0 Å². The number of carbonyl (C=O) groups is 1. The highest BCUT2D eigenvalue weighted by molar-refractivity contribution is 6.30. The maximum Gasteiger partial charge on any atom is 0.340 e. The van der Waals surface area contributed by atoms with Crippen molar-refractivity contribution < 1.29 is 15.0 Å². The summed E-state index contributed by atoms with van der Waals surface area (Å²) < 4.78 is 0. The molecule has 0 saturated carbocycles. The van der Waals surface area contributed by atoms with E-state index in [1.165, 1.54) is 6.07 Å². The molecule has 1 aliphatic heterocycles. The van der Waals surface area contributed by atoms with Crippen LogP contribution in [0.5, 0.6) is 0 Å². The first-order valence-electron chi connectivity index (χ1n) is 5.04. The Hall–Kier alpha value is -1.26. The fraction of sp³-hybridized carbons (Fsp3) is 0.364. The highest BCUT2D eigenvalue weighted by Gasteiger charge is 2.40. The summed E-state index contributed by atoms with van der Waals surface area (Å²) in [6, 6.07) is 4.86. The van der Waals surface area contributed by atoms with E-state index in [0.717, 1.165) is 0 Å². The number of hydrogen-bond donors (Lipinski definition) is 3. The van der Waals surface area contributed by atoms with Gasteiger partial charge >= 0.3 is 5.97 Å². The second-order valence-corrected chi connectivity index (χ2v) is 4.32. The molecule has 1 aromatic carbocycles. The van der Waals surface area contributed by atoms with E-state index in [9.17, 15) is 9.90 Å². The molecule has 1 atom stereocenters. The third-order valence-corrected chi connectivity index (χ3v) is 3.05. The van der Waals surface area contributed by atoms with Crippen molar-refractivity contribution in [2.45, 2.75) is 18.4 Å². The zero-order chi connectivity index (χ0) is 11.8. The number of benzene rings is 1. The molecule has 0 radical (unpaired) electrons. The summed E-state index contributed by atoms with van der Waals surface area (Å²) in [5.41, 5.74) is -0.874. The normalized spacial score (nSPS) is 24.1. The molecule has 0 aromatic heterocycles. The highest BCUT2D eigenvalue weighted by atomic mass is 35.5. The van der Waals surface area contributed by atoms with Crippen LogP contribution in [0.15, 0.2) is 18.2 Å². The minimum Gasteiger partial charge on any atom is -0.479 e. The molecular weight excluding hydrogens is 230 g/mol. The number of carboxylic acids is 1. The van der Waals surface area contributed by atoms with E-state index in [-0.39, 0.29) is 6.42 Å². The van der Waals surface area contributed by atoms with Gasteiger partial charge < -0.3 is 15.5 Å². The van der Waals surface area contributed by atoms with Crippen LogP contribution in [0.25, 0.3) is 0 Å². The van der Waals surface area contributed by atoms with Crippen LogP contribution >= 0.6 is 11.6 Å². The zero-order valence-electron chi connectivity index (χ0n) is 8.53. The van der Waals surface area contributed by atoms with E-state index >= 15 is 0 Å². The van der Waals surface area contributed by atoms with Crippen molar-refractivity contribution in [2.75, 3.05) is 11.9 Å². The summed E-state index contributed by atoms with van der Waals surface area (Å²) in [5.74, 6) is -1.24. The van der Waals surface area contributed by atoms with Gasteiger partial charge in [-0.25, -0.2) is 4.79 Å². The van der Waals surface area contributed by atoms with Crippen LogP contribution in [-0.4, -0.2) is 22.7 Å². The summed E-state index contributed by atoms with van der Waals surface area (Å²) >= 11 is 5.83. The smallest absolute Gasteiger partial charge is 0.340 e. The summed E-state index contributed by atoms with van der Waals surface area (Å²) in [4.78, 5) is 11.2. The Balaban J connectivity index is 2.59. The lowest BCUT2D eigenvalue weighted by atomic mass is 9.89. The molecule has 0 fully saturated rings. The lowest BCUT2D eigenvalue weighted by Gasteiger charge is -2.23. The Bertz CT molecular complexity index is 435. The monoisotopic (exact) mass is 241 g/mol. The fourth-order valence-corrected chi connectivity index (χ4v) is 2.11. The molecule has 3 N–H and O–H groups in total. The number of fused-ring (bicyclic) bond motifs is 1. The lowest BCUT2D eigenvalue weighted by molar-refractivity contribution is -0.160. The Morgan fingerprint density at radius 3 is 2.94 bits per heavy atom. The number of anilines is 1. The topological polar surface area (TPSA) is 69.6 Å². The van der Waals surface area contributed by atoms with E-state index in [0.29, 0.717) is 29.2 Å². The molecule has 0 aliphatic carbocycles. The minimum absolute atomic E-state index is 0.183. The lowest BCUT2D eigenvalue weighted by Crippen LogP contribution is -2.35. The first-order chi connectivity index (χ1) is 7.54. The largest absolute Gasteiger partial charge is 0.479 e. The molecule has 5 heteroatoms. The minimum atomic E-state index is -1.84. The number of rotatable bonds is 1. The second kappa shape index (κ2) is 3.96. The van der Waals surface area contributed by atoms with Gasteiger partial charge in [0.1, 0.15) is 0 Å². The van der Waals surface area contributed by atoms with E-state index in [1.807, 2.05) is 0 Å². The molecule has 1 aliphatic rings. The third kappa shape index (κ3) is 1.74. The highest BCUT2D eigenvalue weighted by Crippen LogP contribution is 2.36. The average Bonchev–Trinajstić information content (AvgIpc) is 2.40. The van der Waals surface area contributed by atoms with Crippen molar-refractivity contribution >= 4 is 23.3 Å². The Morgan fingerprint density at radius 1 is 1.50 bits per heavy atom. The average molecular weight is 242 g/mol. The van der Waals surface area contributed by atoms with Gasteiger partial charge in [-0.3, -0.25) is 0 Å². The van der Waals surface area contributed by atoms with Crippen LogP contribution in [0.4, 0.5) is 5.69 Å². The standard InChI is InChI=1S/C11H12ClNO3/c12-7-2-3-9-8(6-7)11(16,10(14)15)4-1-5-13-9/h2-3,6,13,16H,1,4-5H2,(H,14,15). The number of aliphatic carboxylic acids is 1. The van der Waals surface area contributed by atoms with Crippen molar-refractivity contribution in [2.24, 2.45) is 0 Å². The van der Waals surface area contributed by atoms with Gasteiger partial charge in [-0.15, -0.1) is 0 Å². The van der Waals surface area contributed by atoms with Crippen molar-refractivity contribution in [1.29, 1.82) is 0 Å². The van der Waals surface area contributed by atoms with Gasteiger partial charge in [0.05, 0.1) is 0 Å². The molecule has 2 rings (SSSR count). The number of halogens is 1. The predicted molar refractivity (Wildman–Crippen MR) is 60.7 cm³/mol. The van der Waals surface area contributed by atoms with Crippen LogP contribution in [0.2, 0.25) is 5.02 Å². The SMILES string of the molecule is O=C(O)C1(O)CCCNc2ccc(Cl)cc21. The maximum atomic E-state index is 11.2. The predicted octanol–water partition coefficient (Wildman–Crippen LogP) is 1.82. The van der Waals surface area contributed by atoms with Gasteiger partial charge in [0.15, 0.2) is 5.60 Å². The molecule has 16 heavy (non-hydrogen) atoms. The third-order valence-electron chi connectivity index (χ3n) is 2.81. The van der Waals surface area contributed by atoms with E-state index in [1.54, 1.807) is 12.1 Å². The van der Waals surface area contributed by atoms with Crippen molar-refractivity contribution in [1.82, 2.24) is 0 Å². The van der Waals surface area contributed by atoms with Crippen LogP contribution < -0.4 is 5.32 Å². The summed E-state index contributed by atoms with van der Waals surface area (Å²) in [6.45, 7) is 0.643. The number of aliphatic hydroxyl groups is 1. The van der Waals surface area contributed by atoms with Gasteiger partial charge in [0, 0.05) is 22.8 Å². The number of hydrogen-bond acceptors (Lipinski definition) is 3.